The van der Waals surface area contributed by atoms with Gasteiger partial charge in [-0.25, -0.2) is 0 Å². The van der Waals surface area contributed by atoms with Crippen molar-refractivity contribution in [2.75, 3.05) is 13.1 Å². The van der Waals surface area contributed by atoms with E-state index < -0.39 is 23.0 Å². The van der Waals surface area contributed by atoms with Gasteiger partial charge in [0.15, 0.2) is 0 Å². The molecule has 0 unspecified atom stereocenters. The minimum absolute atomic E-state index is 0.459. The number of unbranched alkanes of at least 4 members (excludes halogenated alkanes) is 2. The maximum absolute atomic E-state index is 7.23. The minimum atomic E-state index is -4.05. The Balaban J connectivity index is 1.55. The number of nitrogens with two attached hydrogens (primary N) is 2. The molecule has 0 amide bonds. The highest BCUT2D eigenvalue weighted by atomic mass is 31.3. The van der Waals surface area contributed by atoms with E-state index in [1.165, 1.54) is 0 Å². The molecular weight excluding hydrogens is 787 g/mol. The van der Waals surface area contributed by atoms with Crippen molar-refractivity contribution in [1.82, 2.24) is 0 Å². The van der Waals surface area contributed by atoms with Crippen LogP contribution in [0, 0.1) is 0 Å². The predicted molar refractivity (Wildman–Crippen MR) is 234 cm³/mol. The van der Waals surface area contributed by atoms with Crippen LogP contribution in [0.15, 0.2) is 183 Å². The van der Waals surface area contributed by atoms with Gasteiger partial charge in [-0.15, -0.1) is 0 Å². The maximum atomic E-state index is 7.23. The highest BCUT2D eigenvalue weighted by molar-refractivity contribution is 7.79. The van der Waals surface area contributed by atoms with Crippen LogP contribution in [0.1, 0.15) is 36.8 Å². The summed E-state index contributed by atoms with van der Waals surface area (Å²) in [5, 5.41) is 0. The van der Waals surface area contributed by atoms with E-state index in [1.807, 2.05) is 170 Å². The number of hydrogen-bond donors (Lipinski definition) is 2. The second-order valence-corrected chi connectivity index (χ2v) is 19.4. The Morgan fingerprint density at radius 2 is 0.603 bits per heavy atom. The monoisotopic (exact) mass is 835 g/mol. The molecule has 300 valence electrons. The summed E-state index contributed by atoms with van der Waals surface area (Å²) in [6.45, 7) is 1.16. The van der Waals surface area contributed by atoms with Gasteiger partial charge in [-0.2, -0.15) is 0 Å². The summed E-state index contributed by atoms with van der Waals surface area (Å²) in [4.78, 5) is 0. The van der Waals surface area contributed by atoms with Crippen molar-refractivity contribution in [3.63, 3.8) is 0 Å². The second kappa shape index (κ2) is 19.9. The fourth-order valence-electron chi connectivity index (χ4n) is 6.01. The average molecular weight is 836 g/mol. The van der Waals surface area contributed by atoms with E-state index in [0.29, 0.717) is 60.4 Å². The fraction of sp³-hybridized carbons (Fsp3) is 0.182. The summed E-state index contributed by atoms with van der Waals surface area (Å²) in [6, 6.07) is 52.8. The Kier molecular flexibility index (Phi) is 14.1. The average Bonchev–Trinajstić information content (AvgIpc) is 3.23. The normalized spacial score (nSPS) is 14.7. The number of nitrogens with zero attached hydrogens (tertiary/aromatic N) is 3. The van der Waals surface area contributed by atoms with Gasteiger partial charge < -0.3 is 38.6 Å². The molecule has 0 fully saturated rings. The van der Waals surface area contributed by atoms with Crippen molar-refractivity contribution in [2.45, 2.75) is 38.5 Å². The largest absolute Gasteiger partial charge is 0.460 e. The van der Waals surface area contributed by atoms with Gasteiger partial charge in [0.05, 0.1) is 0 Å². The van der Waals surface area contributed by atoms with Crippen LogP contribution in [-0.2, 0) is 12.8 Å². The Bertz CT molecular complexity index is 2150. The summed E-state index contributed by atoms with van der Waals surface area (Å²) in [6.07, 6.45) is 4.82. The standard InChI is InChI=1S/C44H48N5O6P3/c45-35-19-17-23-37-21-13-15-33-43(37)54-58(55-44-34-16-14-22-38(44)24-18-20-36-46)48-56(50-39-25-5-1-6-26-39,51-40-27-7-2-8-28-40)47-57(49-58,52-41-29-9-3-10-30-41)53-42-31-11-4-12-32-42/h1-16,21-22,25-34H,17-20,23-24,35-36,45-46H2. The molecule has 0 bridgehead atoms. The van der Waals surface area contributed by atoms with Gasteiger partial charge >= 0.3 is 23.0 Å². The lowest BCUT2D eigenvalue weighted by atomic mass is 10.1. The lowest BCUT2D eigenvalue weighted by Gasteiger charge is -2.33. The quantitative estimate of drug-likeness (QED) is 0.0571. The van der Waals surface area contributed by atoms with Crippen molar-refractivity contribution < 1.29 is 27.1 Å². The Hall–Kier alpha value is -5.27. The van der Waals surface area contributed by atoms with E-state index in [4.69, 9.17) is 52.2 Å². The van der Waals surface area contributed by atoms with Gasteiger partial charge in [0.2, 0.25) is 0 Å². The second-order valence-electron chi connectivity index (χ2n) is 13.2. The molecule has 4 N–H and O–H groups in total. The van der Waals surface area contributed by atoms with Crippen LogP contribution in [0.5, 0.6) is 34.5 Å². The molecule has 0 atom stereocenters. The molecule has 1 aliphatic rings. The first-order valence-corrected chi connectivity index (χ1v) is 23.9. The summed E-state index contributed by atoms with van der Waals surface area (Å²) in [5.74, 6) is 2.92. The Morgan fingerprint density at radius 1 is 0.328 bits per heavy atom. The number of rotatable bonds is 20. The van der Waals surface area contributed by atoms with Crippen molar-refractivity contribution in [3.8, 4) is 34.5 Å². The van der Waals surface area contributed by atoms with Crippen molar-refractivity contribution in [1.29, 1.82) is 0 Å². The molecule has 0 spiro atoms. The zero-order valence-corrected chi connectivity index (χ0v) is 34.8. The minimum Gasteiger partial charge on any atom is -0.413 e. The summed E-state index contributed by atoms with van der Waals surface area (Å²) in [7, 11) is -12.0. The van der Waals surface area contributed by atoms with Gasteiger partial charge in [-0.1, -0.05) is 123 Å². The Labute approximate surface area is 341 Å². The highest BCUT2D eigenvalue weighted by Crippen LogP contribution is 2.78. The van der Waals surface area contributed by atoms with Crippen LogP contribution >= 0.6 is 23.0 Å². The van der Waals surface area contributed by atoms with Crippen LogP contribution in [-0.4, -0.2) is 13.1 Å². The summed E-state index contributed by atoms with van der Waals surface area (Å²) >= 11 is 0. The molecule has 1 aliphatic heterocycles. The van der Waals surface area contributed by atoms with E-state index in [1.54, 1.807) is 0 Å². The third kappa shape index (κ3) is 11.0. The van der Waals surface area contributed by atoms with Crippen LogP contribution in [0.25, 0.3) is 0 Å². The van der Waals surface area contributed by atoms with E-state index in [-0.39, 0.29) is 0 Å². The zero-order valence-electron chi connectivity index (χ0n) is 32.1. The van der Waals surface area contributed by atoms with Gasteiger partial charge in [-0.05, 0) is 123 Å². The van der Waals surface area contributed by atoms with Gasteiger partial charge in [0.1, 0.15) is 34.5 Å². The molecule has 0 aromatic heterocycles. The molecule has 7 rings (SSSR count). The molecule has 0 saturated heterocycles. The third-order valence-electron chi connectivity index (χ3n) is 8.73. The first-order chi connectivity index (χ1) is 28.5. The molecule has 58 heavy (non-hydrogen) atoms. The van der Waals surface area contributed by atoms with Crippen LogP contribution < -0.4 is 38.6 Å². The van der Waals surface area contributed by atoms with Crippen LogP contribution in [0.3, 0.4) is 0 Å². The zero-order chi connectivity index (χ0) is 39.9. The van der Waals surface area contributed by atoms with Crippen molar-refractivity contribution >= 4 is 23.0 Å². The molecule has 6 aromatic carbocycles. The first kappa shape index (κ1) is 40.9. The lowest BCUT2D eigenvalue weighted by molar-refractivity contribution is 0.440. The smallest absolute Gasteiger partial charge is 0.413 e. The predicted octanol–water partition coefficient (Wildman–Crippen LogP) is 12.9. The van der Waals surface area contributed by atoms with Crippen molar-refractivity contribution in [2.24, 2.45) is 25.0 Å². The number of hydrogen-bond acceptors (Lipinski definition) is 11. The van der Waals surface area contributed by atoms with Crippen molar-refractivity contribution in [3.05, 3.63) is 181 Å². The van der Waals surface area contributed by atoms with Gasteiger partial charge in [0.25, 0.3) is 0 Å². The molecule has 0 radical (unpaired) electrons. The lowest BCUT2D eigenvalue weighted by Crippen LogP contribution is -2.12. The van der Waals surface area contributed by atoms with E-state index in [2.05, 4.69) is 0 Å². The molecule has 14 heteroatoms. The van der Waals surface area contributed by atoms with E-state index >= 15 is 0 Å². The van der Waals surface area contributed by atoms with Crippen LogP contribution in [0.4, 0.5) is 0 Å². The van der Waals surface area contributed by atoms with Gasteiger partial charge in [-0.3, -0.25) is 0 Å². The fourth-order valence-corrected chi connectivity index (χ4v) is 15.1. The van der Waals surface area contributed by atoms with Gasteiger partial charge in [0, 0.05) is 0 Å². The first-order valence-electron chi connectivity index (χ1n) is 19.3. The number of para-hydroxylation sites is 6. The summed E-state index contributed by atoms with van der Waals surface area (Å²) in [5.41, 5.74) is 13.7. The molecule has 0 aliphatic carbocycles. The molecule has 0 saturated carbocycles. The summed E-state index contributed by atoms with van der Waals surface area (Å²) < 4.78 is 58.3. The molecule has 11 nitrogen and oxygen atoms in total. The number of benzene rings is 6. The van der Waals surface area contributed by atoms with Crippen LogP contribution in [0.2, 0.25) is 0 Å². The van der Waals surface area contributed by atoms with E-state index in [0.717, 1.165) is 36.8 Å². The SMILES string of the molecule is NCCCCc1ccccc1OP1(Oc2ccccc2CCCCN)=NP(Oc2ccccc2)(Oc2ccccc2)=NP(Oc2ccccc2)(Oc2ccccc2)=N1. The topological polar surface area (TPSA) is 144 Å². The molecule has 6 aromatic rings. The van der Waals surface area contributed by atoms with E-state index in [9.17, 15) is 0 Å². The maximum Gasteiger partial charge on any atom is 0.460 e. The highest BCUT2D eigenvalue weighted by Gasteiger charge is 2.49. The number of aryl methyl sites for hydroxylation is 2. The molecular formula is C44H48N5O6P3. The molecule has 1 heterocycles. The Morgan fingerprint density at radius 3 is 0.914 bits per heavy atom. The third-order valence-corrected chi connectivity index (χ3v) is 16.8.